The smallest absolute Gasteiger partial charge is 0.159 e. The highest BCUT2D eigenvalue weighted by molar-refractivity contribution is 9.11. The zero-order valence-corrected chi connectivity index (χ0v) is 14.4. The Morgan fingerprint density at radius 3 is 2.80 bits per heavy atom. The van der Waals surface area contributed by atoms with E-state index in [4.69, 9.17) is 11.6 Å². The van der Waals surface area contributed by atoms with E-state index in [1.54, 1.807) is 11.3 Å². The summed E-state index contributed by atoms with van der Waals surface area (Å²) in [6, 6.07) is 4.19. The van der Waals surface area contributed by atoms with Gasteiger partial charge >= 0.3 is 0 Å². The Morgan fingerprint density at radius 2 is 2.20 bits per heavy atom. The van der Waals surface area contributed by atoms with Crippen LogP contribution in [-0.4, -0.2) is 19.3 Å². The summed E-state index contributed by atoms with van der Waals surface area (Å²) in [6.45, 7) is 5.68. The normalized spacial score (nSPS) is 11.6. The molecule has 0 unspecified atom stereocenters. The average Bonchev–Trinajstić information content (AvgIpc) is 3.08. The quantitative estimate of drug-likeness (QED) is 0.643. The molecular formula is C13H14BrClN4S. The third-order valence-electron chi connectivity index (χ3n) is 3.24. The third kappa shape index (κ3) is 2.29. The Hall–Kier alpha value is -0.850. The minimum Gasteiger partial charge on any atom is -0.307 e. The Bertz CT molecular complexity index is 758. The van der Waals surface area contributed by atoms with Gasteiger partial charge in [0, 0.05) is 11.4 Å². The van der Waals surface area contributed by atoms with Crippen LogP contribution in [0.25, 0.3) is 11.2 Å². The predicted octanol–water partition coefficient (Wildman–Crippen LogP) is 4.17. The number of halogens is 2. The third-order valence-corrected chi connectivity index (χ3v) is 5.09. The molecule has 4 nitrogen and oxygen atoms in total. The highest BCUT2D eigenvalue weighted by Crippen LogP contribution is 2.26. The van der Waals surface area contributed by atoms with E-state index in [9.17, 15) is 0 Å². The molecule has 0 N–H and O–H groups in total. The van der Waals surface area contributed by atoms with Crippen LogP contribution in [0.2, 0.25) is 0 Å². The first kappa shape index (κ1) is 14.1. The number of aryl methyl sites for hydroxylation is 2. The van der Waals surface area contributed by atoms with Crippen LogP contribution >= 0.6 is 38.9 Å². The van der Waals surface area contributed by atoms with Gasteiger partial charge in [0.1, 0.15) is 11.3 Å². The van der Waals surface area contributed by atoms with E-state index in [1.165, 1.54) is 4.88 Å². The summed E-state index contributed by atoms with van der Waals surface area (Å²) in [5.74, 6) is 1.30. The molecule has 0 fully saturated rings. The van der Waals surface area contributed by atoms with E-state index in [1.807, 2.05) is 11.6 Å². The van der Waals surface area contributed by atoms with Gasteiger partial charge in [0.05, 0.1) is 21.9 Å². The minimum absolute atomic E-state index is 0.407. The van der Waals surface area contributed by atoms with Crippen LogP contribution in [-0.2, 0) is 19.0 Å². The molecule has 0 amide bonds. The minimum atomic E-state index is 0.407. The standard InChI is InChI=1S/C13H14BrClN4S/c1-3-19-13-12(8(2)17-19)16-11(6-15)18(13)7-9-4-5-10(14)20-9/h4-5H,3,6-7H2,1-2H3. The van der Waals surface area contributed by atoms with Crippen molar-refractivity contribution < 1.29 is 0 Å². The molecule has 0 saturated heterocycles. The molecular weight excluding hydrogens is 360 g/mol. The second kappa shape index (κ2) is 5.50. The molecule has 3 aromatic rings. The van der Waals surface area contributed by atoms with Crippen molar-refractivity contribution in [2.24, 2.45) is 0 Å². The van der Waals surface area contributed by atoms with E-state index in [0.29, 0.717) is 5.88 Å². The lowest BCUT2D eigenvalue weighted by Gasteiger charge is -2.07. The summed E-state index contributed by atoms with van der Waals surface area (Å²) in [6.07, 6.45) is 0. The fourth-order valence-electron chi connectivity index (χ4n) is 2.35. The molecule has 0 aromatic carbocycles. The molecule has 0 atom stereocenters. The Labute approximate surface area is 134 Å². The predicted molar refractivity (Wildman–Crippen MR) is 86.6 cm³/mol. The maximum Gasteiger partial charge on any atom is 0.159 e. The number of hydrogen-bond acceptors (Lipinski definition) is 3. The monoisotopic (exact) mass is 372 g/mol. The molecule has 106 valence electrons. The van der Waals surface area contributed by atoms with Crippen molar-refractivity contribution in [1.29, 1.82) is 0 Å². The summed E-state index contributed by atoms with van der Waals surface area (Å²) in [4.78, 5) is 5.91. The lowest BCUT2D eigenvalue weighted by molar-refractivity contribution is 0.640. The SMILES string of the molecule is CCn1nc(C)c2nc(CCl)n(Cc3ccc(Br)s3)c21. The lowest BCUT2D eigenvalue weighted by Crippen LogP contribution is -2.08. The first-order valence-corrected chi connectivity index (χ1v) is 8.51. The Kier molecular flexibility index (Phi) is 3.88. The number of hydrogen-bond donors (Lipinski definition) is 0. The molecule has 7 heteroatoms. The molecule has 0 spiro atoms. The summed E-state index contributed by atoms with van der Waals surface area (Å²) < 4.78 is 5.30. The van der Waals surface area contributed by atoms with E-state index in [-0.39, 0.29) is 0 Å². The number of imidazole rings is 1. The van der Waals surface area contributed by atoms with Crippen molar-refractivity contribution in [3.05, 3.63) is 32.3 Å². The van der Waals surface area contributed by atoms with Gasteiger partial charge in [-0.3, -0.25) is 0 Å². The molecule has 0 saturated carbocycles. The molecule has 3 aromatic heterocycles. The maximum atomic E-state index is 6.06. The van der Waals surface area contributed by atoms with E-state index >= 15 is 0 Å². The van der Waals surface area contributed by atoms with Crippen molar-refractivity contribution in [2.75, 3.05) is 0 Å². The molecule has 0 radical (unpaired) electrons. The highest BCUT2D eigenvalue weighted by Gasteiger charge is 2.18. The van der Waals surface area contributed by atoms with Gasteiger partial charge in [0.15, 0.2) is 5.65 Å². The first-order chi connectivity index (χ1) is 9.63. The fraction of sp³-hybridized carbons (Fsp3) is 0.385. The van der Waals surface area contributed by atoms with Gasteiger partial charge in [-0.15, -0.1) is 22.9 Å². The zero-order valence-electron chi connectivity index (χ0n) is 11.2. The maximum absolute atomic E-state index is 6.06. The van der Waals surface area contributed by atoms with Crippen molar-refractivity contribution in [3.8, 4) is 0 Å². The summed E-state index contributed by atoms with van der Waals surface area (Å²) >= 11 is 11.3. The summed E-state index contributed by atoms with van der Waals surface area (Å²) in [5.41, 5.74) is 2.97. The van der Waals surface area contributed by atoms with Gasteiger partial charge < -0.3 is 4.57 Å². The van der Waals surface area contributed by atoms with Crippen LogP contribution in [0.4, 0.5) is 0 Å². The number of aromatic nitrogens is 4. The van der Waals surface area contributed by atoms with Crippen LogP contribution in [0.3, 0.4) is 0 Å². The van der Waals surface area contributed by atoms with Gasteiger partial charge in [-0.25, -0.2) is 9.67 Å². The second-order valence-electron chi connectivity index (χ2n) is 4.53. The Balaban J connectivity index is 2.16. The molecule has 0 aliphatic heterocycles. The fourth-order valence-corrected chi connectivity index (χ4v) is 4.03. The van der Waals surface area contributed by atoms with Gasteiger partial charge in [-0.1, -0.05) is 0 Å². The number of thiophene rings is 1. The van der Waals surface area contributed by atoms with Crippen molar-refractivity contribution in [3.63, 3.8) is 0 Å². The summed E-state index contributed by atoms with van der Waals surface area (Å²) in [5, 5.41) is 4.54. The molecule has 20 heavy (non-hydrogen) atoms. The second-order valence-corrected chi connectivity index (χ2v) is 7.34. The average molecular weight is 374 g/mol. The summed E-state index contributed by atoms with van der Waals surface area (Å²) in [7, 11) is 0. The van der Waals surface area contributed by atoms with Crippen molar-refractivity contribution in [2.45, 2.75) is 32.8 Å². The van der Waals surface area contributed by atoms with Crippen molar-refractivity contribution >= 4 is 50.0 Å². The van der Waals surface area contributed by atoms with Crippen molar-refractivity contribution in [1.82, 2.24) is 19.3 Å². The topological polar surface area (TPSA) is 35.6 Å². The zero-order chi connectivity index (χ0) is 14.3. The molecule has 0 aliphatic rings. The van der Waals surface area contributed by atoms with E-state index in [2.05, 4.69) is 49.6 Å². The van der Waals surface area contributed by atoms with Crippen LogP contribution in [0.5, 0.6) is 0 Å². The molecule has 3 heterocycles. The Morgan fingerprint density at radius 1 is 1.40 bits per heavy atom. The molecule has 0 bridgehead atoms. The van der Waals surface area contributed by atoms with Crippen LogP contribution in [0, 0.1) is 6.92 Å². The van der Waals surface area contributed by atoms with E-state index in [0.717, 1.165) is 39.6 Å². The van der Waals surface area contributed by atoms with E-state index < -0.39 is 0 Å². The number of rotatable bonds is 4. The largest absolute Gasteiger partial charge is 0.307 e. The van der Waals surface area contributed by atoms with Gasteiger partial charge in [-0.05, 0) is 41.9 Å². The van der Waals surface area contributed by atoms with Crippen LogP contribution in [0.15, 0.2) is 15.9 Å². The van der Waals surface area contributed by atoms with Gasteiger partial charge in [0.2, 0.25) is 0 Å². The van der Waals surface area contributed by atoms with Crippen LogP contribution in [0.1, 0.15) is 23.3 Å². The number of fused-ring (bicyclic) bond motifs is 1. The first-order valence-electron chi connectivity index (χ1n) is 6.36. The van der Waals surface area contributed by atoms with Crippen LogP contribution < -0.4 is 0 Å². The number of alkyl halides is 1. The number of nitrogens with zero attached hydrogens (tertiary/aromatic N) is 4. The lowest BCUT2D eigenvalue weighted by atomic mass is 10.4. The molecule has 3 rings (SSSR count). The van der Waals surface area contributed by atoms with Gasteiger partial charge in [-0.2, -0.15) is 5.10 Å². The molecule has 0 aliphatic carbocycles. The van der Waals surface area contributed by atoms with Gasteiger partial charge in [0.25, 0.3) is 0 Å². The highest BCUT2D eigenvalue weighted by atomic mass is 79.9.